The Morgan fingerprint density at radius 1 is 1.15 bits per heavy atom. The molecule has 0 bridgehead atoms. The minimum absolute atomic E-state index is 0.248. The molecule has 1 amide bonds. The average molecular weight is 381 g/mol. The van der Waals surface area contributed by atoms with Gasteiger partial charge < -0.3 is 15.4 Å². The van der Waals surface area contributed by atoms with Gasteiger partial charge in [-0.05, 0) is 43.3 Å². The molecule has 0 aliphatic heterocycles. The van der Waals surface area contributed by atoms with Crippen LogP contribution in [0, 0.1) is 5.82 Å². The number of methoxy groups -OCH3 is 1. The summed E-state index contributed by atoms with van der Waals surface area (Å²) in [7, 11) is -2.07. The van der Waals surface area contributed by atoms with Crippen LogP contribution in [0.4, 0.5) is 21.5 Å². The van der Waals surface area contributed by atoms with E-state index < -0.39 is 21.9 Å². The smallest absolute Gasteiger partial charge is 0.246 e. The summed E-state index contributed by atoms with van der Waals surface area (Å²) in [4.78, 5) is 12.2. The quantitative estimate of drug-likeness (QED) is 0.685. The molecule has 2 rings (SSSR count). The van der Waals surface area contributed by atoms with Gasteiger partial charge in [-0.25, -0.2) is 12.8 Å². The number of nitrogens with one attached hydrogen (secondary N) is 3. The van der Waals surface area contributed by atoms with Crippen LogP contribution in [0.1, 0.15) is 6.92 Å². The molecular weight excluding hydrogens is 361 g/mol. The van der Waals surface area contributed by atoms with Crippen LogP contribution in [-0.4, -0.2) is 33.7 Å². The SMILES string of the molecule is COc1ccc(N[C@H](C)C(=O)Nc2cccc(F)c2)cc1NS(C)(=O)=O. The fourth-order valence-corrected chi connectivity index (χ4v) is 2.77. The number of benzene rings is 2. The summed E-state index contributed by atoms with van der Waals surface area (Å²) in [6.45, 7) is 1.63. The molecule has 0 unspecified atom stereocenters. The van der Waals surface area contributed by atoms with Crippen molar-refractivity contribution in [3.05, 3.63) is 48.3 Å². The number of anilines is 3. The van der Waals surface area contributed by atoms with Crippen molar-refractivity contribution in [3.63, 3.8) is 0 Å². The molecule has 7 nitrogen and oxygen atoms in total. The van der Waals surface area contributed by atoms with E-state index in [-0.39, 0.29) is 11.6 Å². The molecule has 9 heteroatoms. The molecule has 0 radical (unpaired) electrons. The first-order valence-electron chi connectivity index (χ1n) is 7.67. The Bertz CT molecular complexity index is 903. The van der Waals surface area contributed by atoms with Gasteiger partial charge >= 0.3 is 0 Å². The van der Waals surface area contributed by atoms with E-state index >= 15 is 0 Å². The Hall–Kier alpha value is -2.81. The zero-order chi connectivity index (χ0) is 19.3. The Kier molecular flexibility index (Phi) is 6.04. The predicted molar refractivity (Wildman–Crippen MR) is 99.6 cm³/mol. The number of rotatable bonds is 7. The van der Waals surface area contributed by atoms with Gasteiger partial charge in [0.1, 0.15) is 17.6 Å². The van der Waals surface area contributed by atoms with Crippen molar-refractivity contribution in [1.29, 1.82) is 0 Å². The van der Waals surface area contributed by atoms with Crippen molar-refractivity contribution in [1.82, 2.24) is 0 Å². The van der Waals surface area contributed by atoms with Crippen molar-refractivity contribution in [3.8, 4) is 5.75 Å². The maximum absolute atomic E-state index is 13.2. The van der Waals surface area contributed by atoms with E-state index in [1.807, 2.05) is 0 Å². The summed E-state index contributed by atoms with van der Waals surface area (Å²) in [5.74, 6) is -0.475. The molecule has 0 saturated heterocycles. The van der Waals surface area contributed by atoms with Crippen LogP contribution < -0.4 is 20.1 Å². The standard InChI is InChI=1S/C17H20FN3O4S/c1-11(17(22)20-13-6-4-5-12(18)9-13)19-14-7-8-16(25-2)15(10-14)21-26(3,23)24/h4-11,19,21H,1-3H3,(H,20,22)/t11-/m1/s1. The Labute approximate surface area is 151 Å². The number of hydrogen-bond acceptors (Lipinski definition) is 5. The monoisotopic (exact) mass is 381 g/mol. The number of hydrogen-bond donors (Lipinski definition) is 3. The van der Waals surface area contributed by atoms with Crippen molar-refractivity contribution in [2.45, 2.75) is 13.0 Å². The van der Waals surface area contributed by atoms with Crippen LogP contribution in [0.3, 0.4) is 0 Å². The predicted octanol–water partition coefficient (Wildman–Crippen LogP) is 2.64. The van der Waals surface area contributed by atoms with E-state index in [0.29, 0.717) is 17.1 Å². The van der Waals surface area contributed by atoms with Crippen LogP contribution in [0.25, 0.3) is 0 Å². The Morgan fingerprint density at radius 2 is 1.88 bits per heavy atom. The fraction of sp³-hybridized carbons (Fsp3) is 0.235. The minimum Gasteiger partial charge on any atom is -0.495 e. The summed E-state index contributed by atoms with van der Waals surface area (Å²) in [6, 6.07) is 9.66. The van der Waals surface area contributed by atoms with Crippen LogP contribution in [-0.2, 0) is 14.8 Å². The number of amides is 1. The second-order valence-electron chi connectivity index (χ2n) is 5.65. The van der Waals surface area contributed by atoms with Crippen molar-refractivity contribution in [2.75, 3.05) is 28.7 Å². The molecule has 26 heavy (non-hydrogen) atoms. The van der Waals surface area contributed by atoms with Crippen molar-refractivity contribution in [2.24, 2.45) is 0 Å². The highest BCUT2D eigenvalue weighted by atomic mass is 32.2. The van der Waals surface area contributed by atoms with Gasteiger partial charge in [0.15, 0.2) is 0 Å². The van der Waals surface area contributed by atoms with Crippen LogP contribution in [0.2, 0.25) is 0 Å². The number of carbonyl (C=O) groups excluding carboxylic acids is 1. The summed E-state index contributed by atoms with van der Waals surface area (Å²) in [5.41, 5.74) is 1.11. The molecule has 0 aliphatic carbocycles. The lowest BCUT2D eigenvalue weighted by Crippen LogP contribution is -2.31. The third-order valence-corrected chi connectivity index (χ3v) is 3.95. The van der Waals surface area contributed by atoms with E-state index in [1.165, 1.54) is 31.4 Å². The highest BCUT2D eigenvalue weighted by Crippen LogP contribution is 2.29. The molecule has 2 aromatic rings. The molecule has 140 valence electrons. The summed E-state index contributed by atoms with van der Waals surface area (Å²) in [6.07, 6.45) is 1.03. The zero-order valence-corrected chi connectivity index (χ0v) is 15.4. The summed E-state index contributed by atoms with van der Waals surface area (Å²) in [5, 5.41) is 5.56. The van der Waals surface area contributed by atoms with Crippen LogP contribution >= 0.6 is 0 Å². The molecule has 0 fully saturated rings. The molecule has 0 aromatic heterocycles. The molecule has 2 aromatic carbocycles. The molecular formula is C17H20FN3O4S. The van der Waals surface area contributed by atoms with Crippen molar-refractivity contribution < 1.29 is 22.3 Å². The van der Waals surface area contributed by atoms with Crippen LogP contribution in [0.15, 0.2) is 42.5 Å². The Balaban J connectivity index is 2.11. The fourth-order valence-electron chi connectivity index (χ4n) is 2.21. The lowest BCUT2D eigenvalue weighted by Gasteiger charge is -2.17. The zero-order valence-electron chi connectivity index (χ0n) is 14.5. The Morgan fingerprint density at radius 3 is 2.50 bits per heavy atom. The first kappa shape index (κ1) is 19.5. The highest BCUT2D eigenvalue weighted by Gasteiger charge is 2.15. The first-order chi connectivity index (χ1) is 12.2. The first-order valence-corrected chi connectivity index (χ1v) is 9.56. The summed E-state index contributed by atoms with van der Waals surface area (Å²) >= 11 is 0. The number of ether oxygens (including phenoxy) is 1. The number of carbonyl (C=O) groups is 1. The second-order valence-corrected chi connectivity index (χ2v) is 7.40. The third kappa shape index (κ3) is 5.62. The highest BCUT2D eigenvalue weighted by molar-refractivity contribution is 7.92. The normalized spacial score (nSPS) is 12.2. The molecule has 3 N–H and O–H groups in total. The molecule has 0 aliphatic rings. The molecule has 0 heterocycles. The van der Waals surface area contributed by atoms with Crippen LogP contribution in [0.5, 0.6) is 5.75 Å². The molecule has 0 saturated carbocycles. The van der Waals surface area contributed by atoms with Gasteiger partial charge in [-0.15, -0.1) is 0 Å². The number of halogens is 1. The maximum atomic E-state index is 13.2. The van der Waals surface area contributed by atoms with Gasteiger partial charge in [0.25, 0.3) is 0 Å². The van der Waals surface area contributed by atoms with Gasteiger partial charge in [0.05, 0.1) is 19.1 Å². The minimum atomic E-state index is -3.49. The van der Waals surface area contributed by atoms with Crippen molar-refractivity contribution >= 4 is 33.0 Å². The number of sulfonamides is 1. The van der Waals surface area contributed by atoms with E-state index in [4.69, 9.17) is 4.74 Å². The van der Waals surface area contributed by atoms with Gasteiger partial charge in [-0.2, -0.15) is 0 Å². The van der Waals surface area contributed by atoms with E-state index in [0.717, 1.165) is 6.26 Å². The third-order valence-electron chi connectivity index (χ3n) is 3.36. The van der Waals surface area contributed by atoms with Gasteiger partial charge in [-0.3, -0.25) is 9.52 Å². The summed E-state index contributed by atoms with van der Waals surface area (Å²) < 4.78 is 43.6. The maximum Gasteiger partial charge on any atom is 0.246 e. The topological polar surface area (TPSA) is 96.5 Å². The van der Waals surface area contributed by atoms with Gasteiger partial charge in [0.2, 0.25) is 15.9 Å². The second kappa shape index (κ2) is 8.05. The lowest BCUT2D eigenvalue weighted by atomic mass is 10.2. The lowest BCUT2D eigenvalue weighted by molar-refractivity contribution is -0.116. The molecule has 0 spiro atoms. The largest absolute Gasteiger partial charge is 0.495 e. The van der Waals surface area contributed by atoms with E-state index in [9.17, 15) is 17.6 Å². The van der Waals surface area contributed by atoms with E-state index in [2.05, 4.69) is 15.4 Å². The van der Waals surface area contributed by atoms with Gasteiger partial charge in [0, 0.05) is 11.4 Å². The van der Waals surface area contributed by atoms with Gasteiger partial charge in [-0.1, -0.05) is 6.07 Å². The van der Waals surface area contributed by atoms with E-state index in [1.54, 1.807) is 25.1 Å². The average Bonchev–Trinajstić information content (AvgIpc) is 2.53. The molecule has 1 atom stereocenters.